The van der Waals surface area contributed by atoms with Crippen molar-refractivity contribution in [1.82, 2.24) is 19.9 Å². The fourth-order valence-corrected chi connectivity index (χ4v) is 2.95. The molecule has 4 rings (SSSR count). The lowest BCUT2D eigenvalue weighted by Gasteiger charge is -2.11. The van der Waals surface area contributed by atoms with Gasteiger partial charge in [0.1, 0.15) is 28.7 Å². The summed E-state index contributed by atoms with van der Waals surface area (Å²) >= 11 is 5.80. The molecule has 0 radical (unpaired) electrons. The summed E-state index contributed by atoms with van der Waals surface area (Å²) in [6, 6.07) is 7.12. The monoisotopic (exact) mass is 383 g/mol. The predicted molar refractivity (Wildman–Crippen MR) is 100 cm³/mol. The van der Waals surface area contributed by atoms with Crippen molar-refractivity contribution >= 4 is 28.3 Å². The van der Waals surface area contributed by atoms with Gasteiger partial charge < -0.3 is 5.32 Å². The van der Waals surface area contributed by atoms with E-state index in [1.807, 2.05) is 0 Å². The summed E-state index contributed by atoms with van der Waals surface area (Å²) in [6.45, 7) is 0. The van der Waals surface area contributed by atoms with Crippen molar-refractivity contribution in [3.05, 3.63) is 65.6 Å². The van der Waals surface area contributed by atoms with Crippen molar-refractivity contribution in [3.8, 4) is 22.6 Å². The Kier molecular flexibility index (Phi) is 4.37. The number of rotatable bonds is 3. The van der Waals surface area contributed by atoms with Crippen LogP contribution in [0.3, 0.4) is 0 Å². The van der Waals surface area contributed by atoms with Crippen LogP contribution in [0, 0.1) is 11.6 Å². The third-order valence-electron chi connectivity index (χ3n) is 4.03. The number of nitrogens with one attached hydrogen (secondary N) is 1. The van der Waals surface area contributed by atoms with Crippen LogP contribution in [0.15, 0.2) is 48.9 Å². The molecule has 0 saturated heterocycles. The molecule has 0 aliphatic carbocycles. The number of anilines is 1. The quantitative estimate of drug-likeness (QED) is 0.554. The second-order valence-electron chi connectivity index (χ2n) is 5.71. The molecule has 2 heterocycles. The summed E-state index contributed by atoms with van der Waals surface area (Å²) in [7, 11) is 1.66. The van der Waals surface area contributed by atoms with Gasteiger partial charge in [-0.25, -0.2) is 23.7 Å². The smallest absolute Gasteiger partial charge is 0.182 e. The third-order valence-corrected chi connectivity index (χ3v) is 4.26. The van der Waals surface area contributed by atoms with Gasteiger partial charge in [0.05, 0.1) is 6.20 Å². The topological polar surface area (TPSA) is 63.6 Å². The molecule has 0 unspecified atom stereocenters. The zero-order valence-electron chi connectivity index (χ0n) is 14.0. The Morgan fingerprint density at radius 2 is 1.85 bits per heavy atom. The lowest BCUT2D eigenvalue weighted by molar-refractivity contribution is 0.629. The van der Waals surface area contributed by atoms with Crippen LogP contribution in [0.5, 0.6) is 0 Å². The zero-order chi connectivity index (χ0) is 19.0. The van der Waals surface area contributed by atoms with Crippen LogP contribution in [-0.4, -0.2) is 27.0 Å². The molecule has 5 nitrogen and oxygen atoms in total. The Hall–Kier alpha value is -3.19. The number of halogens is 3. The first-order valence-corrected chi connectivity index (χ1v) is 8.35. The summed E-state index contributed by atoms with van der Waals surface area (Å²) in [4.78, 5) is 16.8. The minimum absolute atomic E-state index is 0.105. The van der Waals surface area contributed by atoms with Crippen LogP contribution in [0.25, 0.3) is 33.5 Å². The highest BCUT2D eigenvalue weighted by Crippen LogP contribution is 2.32. The Balaban J connectivity index is 1.95. The molecule has 8 heteroatoms. The SMILES string of the molecule is CNc1nc(-c2cnccn2)nc2c(F)cc(-c3ccc(Cl)cc3F)cc12. The van der Waals surface area contributed by atoms with E-state index in [9.17, 15) is 8.78 Å². The molecule has 27 heavy (non-hydrogen) atoms. The lowest BCUT2D eigenvalue weighted by Crippen LogP contribution is -2.02. The standard InChI is InChI=1S/C19H12ClF2N5/c1-23-18-13-6-10(12-3-2-11(20)8-14(12)21)7-15(22)17(13)26-19(27-18)16-9-24-4-5-25-16/h2-9H,1H3,(H,23,26,27). The van der Waals surface area contributed by atoms with Crippen molar-refractivity contribution in [2.24, 2.45) is 0 Å². The number of nitrogens with zero attached hydrogens (tertiary/aromatic N) is 4. The van der Waals surface area contributed by atoms with Crippen molar-refractivity contribution in [2.45, 2.75) is 0 Å². The molecule has 0 amide bonds. The van der Waals surface area contributed by atoms with Crippen molar-refractivity contribution < 1.29 is 8.78 Å². The maximum absolute atomic E-state index is 14.9. The third kappa shape index (κ3) is 3.17. The van der Waals surface area contributed by atoms with Crippen molar-refractivity contribution in [1.29, 1.82) is 0 Å². The largest absolute Gasteiger partial charge is 0.373 e. The van der Waals surface area contributed by atoms with E-state index in [1.165, 1.54) is 36.8 Å². The number of hydrogen-bond donors (Lipinski definition) is 1. The van der Waals surface area contributed by atoms with Gasteiger partial charge in [0, 0.05) is 35.4 Å². The lowest BCUT2D eigenvalue weighted by atomic mass is 10.0. The maximum atomic E-state index is 14.9. The van der Waals surface area contributed by atoms with Crippen molar-refractivity contribution in [3.63, 3.8) is 0 Å². The Morgan fingerprint density at radius 3 is 2.56 bits per heavy atom. The molecule has 0 aliphatic heterocycles. The van der Waals surface area contributed by atoms with Gasteiger partial charge in [0.15, 0.2) is 5.82 Å². The van der Waals surface area contributed by atoms with Gasteiger partial charge in [-0.3, -0.25) is 4.98 Å². The van der Waals surface area contributed by atoms with Crippen LogP contribution in [0.2, 0.25) is 5.02 Å². The highest BCUT2D eigenvalue weighted by Gasteiger charge is 2.16. The molecule has 0 spiro atoms. The van der Waals surface area contributed by atoms with E-state index < -0.39 is 11.6 Å². The van der Waals surface area contributed by atoms with E-state index >= 15 is 0 Å². The average Bonchev–Trinajstić information content (AvgIpc) is 2.68. The first-order valence-electron chi connectivity index (χ1n) is 7.97. The Labute approximate surface area is 158 Å². The van der Waals surface area contributed by atoms with Gasteiger partial charge in [-0.15, -0.1) is 0 Å². The van der Waals surface area contributed by atoms with E-state index in [-0.39, 0.29) is 21.9 Å². The first-order chi connectivity index (χ1) is 13.1. The number of hydrogen-bond acceptors (Lipinski definition) is 5. The molecule has 4 aromatic rings. The van der Waals surface area contributed by atoms with Gasteiger partial charge in [-0.1, -0.05) is 11.6 Å². The van der Waals surface area contributed by atoms with Gasteiger partial charge in [0.2, 0.25) is 0 Å². The normalized spacial score (nSPS) is 11.0. The van der Waals surface area contributed by atoms with Gasteiger partial charge in [0.25, 0.3) is 0 Å². The van der Waals surface area contributed by atoms with Crippen LogP contribution < -0.4 is 5.32 Å². The molecule has 0 bridgehead atoms. The Bertz CT molecular complexity index is 1150. The van der Waals surface area contributed by atoms with Gasteiger partial charge in [-0.05, 0) is 35.9 Å². The van der Waals surface area contributed by atoms with Crippen LogP contribution >= 0.6 is 11.6 Å². The summed E-state index contributed by atoms with van der Waals surface area (Å²) in [6.07, 6.45) is 4.53. The number of benzene rings is 2. The molecule has 0 atom stereocenters. The summed E-state index contributed by atoms with van der Waals surface area (Å²) in [5, 5.41) is 3.62. The molecular weight excluding hydrogens is 372 g/mol. The molecule has 0 aliphatic rings. The van der Waals surface area contributed by atoms with E-state index in [1.54, 1.807) is 19.2 Å². The fourth-order valence-electron chi connectivity index (χ4n) is 2.79. The van der Waals surface area contributed by atoms with Crippen molar-refractivity contribution in [2.75, 3.05) is 12.4 Å². The fraction of sp³-hybridized carbons (Fsp3) is 0.0526. The second-order valence-corrected chi connectivity index (χ2v) is 6.15. The Morgan fingerprint density at radius 1 is 1.00 bits per heavy atom. The predicted octanol–water partition coefficient (Wildman–Crippen LogP) is 4.73. The van der Waals surface area contributed by atoms with Crippen LogP contribution in [-0.2, 0) is 0 Å². The average molecular weight is 384 g/mol. The highest BCUT2D eigenvalue weighted by molar-refractivity contribution is 6.30. The summed E-state index contributed by atoms with van der Waals surface area (Å²) in [5.74, 6) is -0.495. The molecule has 134 valence electrons. The summed E-state index contributed by atoms with van der Waals surface area (Å²) in [5.41, 5.74) is 1.12. The van der Waals surface area contributed by atoms with Gasteiger partial charge in [-0.2, -0.15) is 0 Å². The van der Waals surface area contributed by atoms with Crippen LogP contribution in [0.1, 0.15) is 0 Å². The van der Waals surface area contributed by atoms with E-state index in [0.717, 1.165) is 0 Å². The van der Waals surface area contributed by atoms with E-state index in [4.69, 9.17) is 11.6 Å². The number of fused-ring (bicyclic) bond motifs is 1. The minimum Gasteiger partial charge on any atom is -0.373 e. The molecule has 0 saturated carbocycles. The van der Waals surface area contributed by atoms with E-state index in [2.05, 4.69) is 25.3 Å². The molecule has 1 N–H and O–H groups in total. The molecule has 0 fully saturated rings. The van der Waals surface area contributed by atoms with E-state index in [0.29, 0.717) is 22.5 Å². The second kappa shape index (κ2) is 6.85. The first kappa shape index (κ1) is 17.2. The minimum atomic E-state index is -0.596. The summed E-state index contributed by atoms with van der Waals surface area (Å²) < 4.78 is 29.1. The highest BCUT2D eigenvalue weighted by atomic mass is 35.5. The zero-order valence-corrected chi connectivity index (χ0v) is 14.8. The molecular formula is C19H12ClF2N5. The van der Waals surface area contributed by atoms with Gasteiger partial charge >= 0.3 is 0 Å². The number of aromatic nitrogens is 4. The molecule has 2 aromatic carbocycles. The molecule has 2 aromatic heterocycles. The maximum Gasteiger partial charge on any atom is 0.182 e. The van der Waals surface area contributed by atoms with Crippen LogP contribution in [0.4, 0.5) is 14.6 Å².